The molecule has 0 aromatic heterocycles. The van der Waals surface area contributed by atoms with Crippen LogP contribution in [-0.2, 0) is 14.8 Å². The van der Waals surface area contributed by atoms with E-state index < -0.39 is 21.9 Å². The largest absolute Gasteiger partial charge is 0.497 e. The number of esters is 1. The van der Waals surface area contributed by atoms with Crippen LogP contribution >= 0.6 is 0 Å². The lowest BCUT2D eigenvalue weighted by atomic mass is 10.1. The summed E-state index contributed by atoms with van der Waals surface area (Å²) in [4.78, 5) is 24.8. The van der Waals surface area contributed by atoms with Crippen LogP contribution in [0.25, 0.3) is 0 Å². The quantitative estimate of drug-likeness (QED) is 0.659. The molecule has 1 amide bonds. The summed E-state index contributed by atoms with van der Waals surface area (Å²) in [5, 5.41) is 2.63. The summed E-state index contributed by atoms with van der Waals surface area (Å²) in [6.45, 7) is 4.14. The molecule has 1 N–H and O–H groups in total. The second-order valence-electron chi connectivity index (χ2n) is 5.97. The number of carbonyl (C=O) groups is 2. The summed E-state index contributed by atoms with van der Waals surface area (Å²) in [6.07, 6.45) is 0. The summed E-state index contributed by atoms with van der Waals surface area (Å²) in [5.41, 5.74) is 0.483. The highest BCUT2D eigenvalue weighted by molar-refractivity contribution is 7.89. The molecule has 0 heterocycles. The van der Waals surface area contributed by atoms with E-state index in [9.17, 15) is 18.0 Å². The van der Waals surface area contributed by atoms with Crippen molar-refractivity contribution in [2.45, 2.75) is 18.7 Å². The Bertz CT molecular complexity index is 1000. The first-order valence-electron chi connectivity index (χ1n) is 8.96. The van der Waals surface area contributed by atoms with Gasteiger partial charge in [0.1, 0.15) is 5.75 Å². The van der Waals surface area contributed by atoms with Gasteiger partial charge in [0.2, 0.25) is 10.0 Å². The van der Waals surface area contributed by atoms with Crippen LogP contribution in [0, 0.1) is 0 Å². The Morgan fingerprint density at radius 3 is 2.31 bits per heavy atom. The fourth-order valence-corrected chi connectivity index (χ4v) is 4.25. The Balaban J connectivity index is 2.37. The van der Waals surface area contributed by atoms with Gasteiger partial charge >= 0.3 is 5.97 Å². The highest BCUT2D eigenvalue weighted by Gasteiger charge is 2.23. The summed E-state index contributed by atoms with van der Waals surface area (Å²) in [5.74, 6) is -0.773. The second kappa shape index (κ2) is 9.53. The van der Waals surface area contributed by atoms with E-state index in [0.717, 1.165) is 0 Å². The van der Waals surface area contributed by atoms with E-state index >= 15 is 0 Å². The van der Waals surface area contributed by atoms with E-state index in [1.807, 2.05) is 0 Å². The van der Waals surface area contributed by atoms with Gasteiger partial charge in [0.15, 0.2) is 0 Å². The van der Waals surface area contributed by atoms with Gasteiger partial charge in [0.25, 0.3) is 5.91 Å². The third-order valence-corrected chi connectivity index (χ3v) is 6.37. The third-order valence-electron chi connectivity index (χ3n) is 4.32. The van der Waals surface area contributed by atoms with E-state index in [1.54, 1.807) is 19.9 Å². The molecule has 0 fully saturated rings. The van der Waals surface area contributed by atoms with Crippen LogP contribution in [0.15, 0.2) is 47.4 Å². The number of methoxy groups -OCH3 is 2. The van der Waals surface area contributed by atoms with Gasteiger partial charge in [0.05, 0.1) is 30.4 Å². The van der Waals surface area contributed by atoms with Crippen molar-refractivity contribution in [3.63, 3.8) is 0 Å². The molecule has 0 saturated carbocycles. The average molecular weight is 420 g/mol. The Labute approximate surface area is 170 Å². The van der Waals surface area contributed by atoms with Crippen LogP contribution < -0.4 is 10.1 Å². The van der Waals surface area contributed by atoms with Gasteiger partial charge in [-0.25, -0.2) is 13.2 Å². The molecule has 0 aliphatic carbocycles. The molecule has 9 heteroatoms. The van der Waals surface area contributed by atoms with Gasteiger partial charge in [-0.05, 0) is 36.4 Å². The van der Waals surface area contributed by atoms with Crippen LogP contribution in [0.5, 0.6) is 5.75 Å². The van der Waals surface area contributed by atoms with Gasteiger partial charge in [-0.3, -0.25) is 4.79 Å². The maximum atomic E-state index is 12.7. The number of hydrogen-bond acceptors (Lipinski definition) is 6. The zero-order valence-electron chi connectivity index (χ0n) is 16.8. The minimum atomic E-state index is -3.70. The van der Waals surface area contributed by atoms with Crippen molar-refractivity contribution >= 4 is 27.6 Å². The fourth-order valence-electron chi connectivity index (χ4n) is 2.74. The van der Waals surface area contributed by atoms with Crippen molar-refractivity contribution in [3.8, 4) is 5.75 Å². The van der Waals surface area contributed by atoms with E-state index in [2.05, 4.69) is 5.32 Å². The number of carbonyl (C=O) groups excluding carboxylic acids is 2. The highest BCUT2D eigenvalue weighted by atomic mass is 32.2. The van der Waals surface area contributed by atoms with E-state index in [-0.39, 0.29) is 21.7 Å². The molecule has 2 aromatic rings. The molecule has 156 valence electrons. The fraction of sp³-hybridized carbons (Fsp3) is 0.300. The number of amides is 1. The Kier molecular flexibility index (Phi) is 7.35. The minimum Gasteiger partial charge on any atom is -0.497 e. The number of nitrogens with one attached hydrogen (secondary N) is 1. The summed E-state index contributed by atoms with van der Waals surface area (Å²) in [6, 6.07) is 10.3. The molecular weight excluding hydrogens is 396 g/mol. The summed E-state index contributed by atoms with van der Waals surface area (Å²) < 4.78 is 36.6. The topological polar surface area (TPSA) is 102 Å². The lowest BCUT2D eigenvalue weighted by Crippen LogP contribution is -2.30. The van der Waals surface area contributed by atoms with Crippen molar-refractivity contribution in [1.82, 2.24) is 4.31 Å². The van der Waals surface area contributed by atoms with Gasteiger partial charge in [0, 0.05) is 18.7 Å². The molecule has 2 aromatic carbocycles. The maximum absolute atomic E-state index is 12.7. The van der Waals surface area contributed by atoms with Gasteiger partial charge in [-0.2, -0.15) is 4.31 Å². The molecular formula is C20H24N2O6S. The first-order chi connectivity index (χ1) is 13.8. The zero-order chi connectivity index (χ0) is 21.6. The van der Waals surface area contributed by atoms with Gasteiger partial charge in [-0.1, -0.05) is 19.9 Å². The first kappa shape index (κ1) is 22.4. The van der Waals surface area contributed by atoms with Crippen molar-refractivity contribution in [1.29, 1.82) is 0 Å². The Morgan fingerprint density at radius 1 is 1.03 bits per heavy atom. The van der Waals surface area contributed by atoms with Crippen molar-refractivity contribution in [3.05, 3.63) is 53.6 Å². The standard InChI is InChI=1S/C20H24N2O6S/c1-5-22(6-2)29(25,26)16-9-7-8-14(12-16)19(23)21-18-11-10-15(27-3)13-17(18)20(24)28-4/h7-13H,5-6H2,1-4H3,(H,21,23). The summed E-state index contributed by atoms with van der Waals surface area (Å²) in [7, 11) is -1.02. The SMILES string of the molecule is CCN(CC)S(=O)(=O)c1cccc(C(=O)Nc2ccc(OC)cc2C(=O)OC)c1. The minimum absolute atomic E-state index is 0.0248. The molecule has 0 unspecified atom stereocenters. The van der Waals surface area contributed by atoms with Crippen LogP contribution in [0.2, 0.25) is 0 Å². The molecule has 0 saturated heterocycles. The number of nitrogens with zero attached hydrogens (tertiary/aromatic N) is 1. The predicted octanol–water partition coefficient (Wildman–Crippen LogP) is 2.76. The lowest BCUT2D eigenvalue weighted by molar-refractivity contribution is 0.0601. The number of ether oxygens (including phenoxy) is 2. The van der Waals surface area contributed by atoms with Crippen molar-refractivity contribution < 1.29 is 27.5 Å². The van der Waals surface area contributed by atoms with E-state index in [1.165, 1.54) is 54.9 Å². The van der Waals surface area contributed by atoms with Crippen LogP contribution in [0.4, 0.5) is 5.69 Å². The molecule has 0 spiro atoms. The molecule has 0 radical (unpaired) electrons. The van der Waals surface area contributed by atoms with Crippen LogP contribution in [-0.4, -0.2) is 51.9 Å². The number of hydrogen-bond donors (Lipinski definition) is 1. The van der Waals surface area contributed by atoms with Crippen molar-refractivity contribution in [2.24, 2.45) is 0 Å². The summed E-state index contributed by atoms with van der Waals surface area (Å²) >= 11 is 0. The first-order valence-corrected chi connectivity index (χ1v) is 10.4. The zero-order valence-corrected chi connectivity index (χ0v) is 17.6. The van der Waals surface area contributed by atoms with Crippen molar-refractivity contribution in [2.75, 3.05) is 32.6 Å². The molecule has 0 aliphatic heterocycles. The molecule has 2 rings (SSSR count). The molecule has 29 heavy (non-hydrogen) atoms. The molecule has 0 atom stereocenters. The molecule has 0 aliphatic rings. The number of sulfonamides is 1. The Hall–Kier alpha value is -2.91. The van der Waals surface area contributed by atoms with Crippen LogP contribution in [0.1, 0.15) is 34.6 Å². The second-order valence-corrected chi connectivity index (χ2v) is 7.91. The van der Waals surface area contributed by atoms with Gasteiger partial charge < -0.3 is 14.8 Å². The average Bonchev–Trinajstić information content (AvgIpc) is 2.74. The normalized spacial score (nSPS) is 11.2. The number of anilines is 1. The lowest BCUT2D eigenvalue weighted by Gasteiger charge is -2.18. The van der Waals surface area contributed by atoms with Crippen LogP contribution in [0.3, 0.4) is 0 Å². The molecule has 8 nitrogen and oxygen atoms in total. The predicted molar refractivity (Wildman–Crippen MR) is 109 cm³/mol. The van der Waals surface area contributed by atoms with Gasteiger partial charge in [-0.15, -0.1) is 0 Å². The van der Waals surface area contributed by atoms with E-state index in [0.29, 0.717) is 18.8 Å². The highest BCUT2D eigenvalue weighted by Crippen LogP contribution is 2.24. The Morgan fingerprint density at radius 2 is 1.72 bits per heavy atom. The monoisotopic (exact) mass is 420 g/mol. The smallest absolute Gasteiger partial charge is 0.340 e. The van der Waals surface area contributed by atoms with E-state index in [4.69, 9.17) is 9.47 Å². The maximum Gasteiger partial charge on any atom is 0.340 e. The number of benzene rings is 2. The third kappa shape index (κ3) is 4.93. The number of rotatable bonds is 8. The molecule has 0 bridgehead atoms.